The molecule has 21 heavy (non-hydrogen) atoms. The van der Waals surface area contributed by atoms with Crippen LogP contribution in [0.4, 0.5) is 5.69 Å². The lowest BCUT2D eigenvalue weighted by Crippen LogP contribution is -2.12. The van der Waals surface area contributed by atoms with Crippen LogP contribution >= 0.6 is 15.9 Å². The van der Waals surface area contributed by atoms with Crippen LogP contribution in [-0.2, 0) is 0 Å². The minimum atomic E-state index is -0.294. The van der Waals surface area contributed by atoms with Crippen molar-refractivity contribution in [3.63, 3.8) is 0 Å². The van der Waals surface area contributed by atoms with Gasteiger partial charge in [-0.25, -0.2) is 9.97 Å². The molecule has 1 amide bonds. The van der Waals surface area contributed by atoms with E-state index in [2.05, 4.69) is 31.2 Å². The Morgan fingerprint density at radius 1 is 1.43 bits per heavy atom. The number of benzene rings is 1. The third kappa shape index (κ3) is 2.73. The minimum absolute atomic E-state index is 0.294. The van der Waals surface area contributed by atoms with Crippen molar-refractivity contribution in [1.82, 2.24) is 14.4 Å². The van der Waals surface area contributed by atoms with Gasteiger partial charge in [0, 0.05) is 24.3 Å². The number of methoxy groups -OCH3 is 1. The Hall–Kier alpha value is -2.41. The molecule has 106 valence electrons. The van der Waals surface area contributed by atoms with Crippen LogP contribution in [0.2, 0.25) is 0 Å². The molecule has 0 radical (unpaired) electrons. The molecule has 0 fully saturated rings. The summed E-state index contributed by atoms with van der Waals surface area (Å²) in [4.78, 5) is 20.4. The third-order valence-electron chi connectivity index (χ3n) is 2.88. The van der Waals surface area contributed by atoms with E-state index in [4.69, 9.17) is 4.74 Å². The first-order chi connectivity index (χ1) is 10.2. The van der Waals surface area contributed by atoms with Crippen molar-refractivity contribution < 1.29 is 9.53 Å². The molecular formula is C14H11BrN4O2. The highest BCUT2D eigenvalue weighted by Gasteiger charge is 2.12. The van der Waals surface area contributed by atoms with Crippen LogP contribution in [0, 0.1) is 0 Å². The number of aromatic nitrogens is 3. The topological polar surface area (TPSA) is 68.5 Å². The van der Waals surface area contributed by atoms with Crippen LogP contribution in [-0.4, -0.2) is 27.4 Å². The first-order valence-corrected chi connectivity index (χ1v) is 6.91. The van der Waals surface area contributed by atoms with E-state index in [1.165, 1.54) is 0 Å². The van der Waals surface area contributed by atoms with E-state index in [0.29, 0.717) is 22.9 Å². The smallest absolute Gasteiger partial charge is 0.275 e. The van der Waals surface area contributed by atoms with Gasteiger partial charge >= 0.3 is 0 Å². The van der Waals surface area contributed by atoms with E-state index >= 15 is 0 Å². The summed E-state index contributed by atoms with van der Waals surface area (Å²) in [5.74, 6) is 0.890. The number of hydrogen-bond donors (Lipinski definition) is 1. The van der Waals surface area contributed by atoms with Gasteiger partial charge in [-0.1, -0.05) is 0 Å². The predicted molar refractivity (Wildman–Crippen MR) is 81.6 cm³/mol. The molecule has 7 heteroatoms. The molecular weight excluding hydrogens is 336 g/mol. The second-order valence-electron chi connectivity index (χ2n) is 4.26. The molecule has 0 saturated heterocycles. The zero-order valence-corrected chi connectivity index (χ0v) is 12.7. The Morgan fingerprint density at radius 3 is 3.00 bits per heavy atom. The van der Waals surface area contributed by atoms with Crippen LogP contribution in [0.25, 0.3) is 5.78 Å². The molecule has 2 heterocycles. The van der Waals surface area contributed by atoms with Gasteiger partial charge in [-0.15, -0.1) is 0 Å². The van der Waals surface area contributed by atoms with Gasteiger partial charge in [0.2, 0.25) is 5.78 Å². The average Bonchev–Trinajstić information content (AvgIpc) is 2.91. The lowest BCUT2D eigenvalue weighted by Gasteiger charge is -2.07. The molecule has 3 rings (SSSR count). The fourth-order valence-electron chi connectivity index (χ4n) is 1.88. The number of carbonyl (C=O) groups is 1. The highest BCUT2D eigenvalue weighted by molar-refractivity contribution is 9.10. The minimum Gasteiger partial charge on any atom is -0.496 e. The maximum absolute atomic E-state index is 12.2. The average molecular weight is 347 g/mol. The molecule has 0 saturated carbocycles. The van der Waals surface area contributed by atoms with Crippen molar-refractivity contribution in [1.29, 1.82) is 0 Å². The molecule has 0 aliphatic heterocycles. The van der Waals surface area contributed by atoms with Gasteiger partial charge in [0.15, 0.2) is 0 Å². The van der Waals surface area contributed by atoms with Crippen molar-refractivity contribution in [2.24, 2.45) is 0 Å². The van der Waals surface area contributed by atoms with Crippen LogP contribution in [0.1, 0.15) is 10.5 Å². The number of amides is 1. The summed E-state index contributed by atoms with van der Waals surface area (Å²) in [6, 6.07) is 7.07. The zero-order valence-electron chi connectivity index (χ0n) is 11.1. The Bertz CT molecular complexity index is 783. The summed E-state index contributed by atoms with van der Waals surface area (Å²) in [7, 11) is 1.59. The van der Waals surface area contributed by atoms with E-state index < -0.39 is 0 Å². The van der Waals surface area contributed by atoms with Crippen molar-refractivity contribution in [2.75, 3.05) is 12.4 Å². The van der Waals surface area contributed by atoms with Gasteiger partial charge in [0.1, 0.15) is 11.4 Å². The normalized spacial score (nSPS) is 10.6. The molecule has 0 spiro atoms. The fourth-order valence-corrected chi connectivity index (χ4v) is 2.42. The summed E-state index contributed by atoms with van der Waals surface area (Å²) >= 11 is 3.38. The molecule has 0 unspecified atom stereocenters. The van der Waals surface area contributed by atoms with Crippen LogP contribution in [0.15, 0.2) is 47.3 Å². The number of rotatable bonds is 3. The Morgan fingerprint density at radius 2 is 2.29 bits per heavy atom. The standard InChI is InChI=1S/C14H11BrN4O2/c1-21-12-4-3-9(7-10(12)15)17-13(20)11-8-19-6-2-5-16-14(19)18-11/h2-8H,1H3,(H,17,20). The molecule has 0 bridgehead atoms. The number of fused-ring (bicyclic) bond motifs is 1. The Balaban J connectivity index is 1.84. The molecule has 6 nitrogen and oxygen atoms in total. The molecule has 0 atom stereocenters. The van der Waals surface area contributed by atoms with Crippen molar-refractivity contribution >= 4 is 33.3 Å². The Kier molecular flexibility index (Phi) is 3.57. The Labute approximate surface area is 128 Å². The number of anilines is 1. The first kappa shape index (κ1) is 13.6. The van der Waals surface area contributed by atoms with E-state index in [-0.39, 0.29) is 5.91 Å². The summed E-state index contributed by atoms with van der Waals surface area (Å²) in [6.45, 7) is 0. The number of hydrogen-bond acceptors (Lipinski definition) is 4. The highest BCUT2D eigenvalue weighted by Crippen LogP contribution is 2.27. The summed E-state index contributed by atoms with van der Waals surface area (Å²) in [5, 5.41) is 2.78. The largest absolute Gasteiger partial charge is 0.496 e. The van der Waals surface area contributed by atoms with E-state index in [1.54, 1.807) is 54.4 Å². The summed E-state index contributed by atoms with van der Waals surface area (Å²) in [6.07, 6.45) is 5.05. The SMILES string of the molecule is COc1ccc(NC(=O)c2cn3cccnc3n2)cc1Br. The van der Waals surface area contributed by atoms with Gasteiger partial charge in [-0.2, -0.15) is 0 Å². The first-order valence-electron chi connectivity index (χ1n) is 6.12. The zero-order chi connectivity index (χ0) is 14.8. The van der Waals surface area contributed by atoms with E-state index in [1.807, 2.05) is 0 Å². The highest BCUT2D eigenvalue weighted by atomic mass is 79.9. The van der Waals surface area contributed by atoms with Crippen LogP contribution in [0.3, 0.4) is 0 Å². The van der Waals surface area contributed by atoms with E-state index in [0.717, 1.165) is 4.47 Å². The molecule has 1 N–H and O–H groups in total. The predicted octanol–water partition coefficient (Wildman–Crippen LogP) is 2.75. The number of carbonyl (C=O) groups excluding carboxylic acids is 1. The summed E-state index contributed by atoms with van der Waals surface area (Å²) < 4.78 is 7.60. The van der Waals surface area contributed by atoms with Crippen molar-refractivity contribution in [2.45, 2.75) is 0 Å². The second-order valence-corrected chi connectivity index (χ2v) is 5.11. The molecule has 3 aromatic rings. The van der Waals surface area contributed by atoms with E-state index in [9.17, 15) is 4.79 Å². The molecule has 2 aromatic heterocycles. The molecule has 0 aliphatic carbocycles. The maximum atomic E-state index is 12.2. The number of imidazole rings is 1. The number of ether oxygens (including phenoxy) is 1. The van der Waals surface area contributed by atoms with Crippen molar-refractivity contribution in [3.8, 4) is 5.75 Å². The monoisotopic (exact) mass is 346 g/mol. The second kappa shape index (κ2) is 5.53. The third-order valence-corrected chi connectivity index (χ3v) is 3.50. The van der Waals surface area contributed by atoms with Crippen LogP contribution < -0.4 is 10.1 Å². The molecule has 0 aliphatic rings. The number of halogens is 1. The van der Waals surface area contributed by atoms with Gasteiger partial charge in [0.05, 0.1) is 11.6 Å². The quantitative estimate of drug-likeness (QED) is 0.791. The molecule has 1 aromatic carbocycles. The van der Waals surface area contributed by atoms with Gasteiger partial charge in [-0.05, 0) is 40.2 Å². The van der Waals surface area contributed by atoms with Crippen LogP contribution in [0.5, 0.6) is 5.75 Å². The van der Waals surface area contributed by atoms with Crippen molar-refractivity contribution in [3.05, 3.63) is 53.0 Å². The lowest BCUT2D eigenvalue weighted by molar-refractivity contribution is 0.102. The lowest BCUT2D eigenvalue weighted by atomic mass is 10.3. The van der Waals surface area contributed by atoms with Gasteiger partial charge in [-0.3, -0.25) is 9.20 Å². The van der Waals surface area contributed by atoms with Gasteiger partial charge in [0.25, 0.3) is 5.91 Å². The van der Waals surface area contributed by atoms with Gasteiger partial charge < -0.3 is 10.1 Å². The maximum Gasteiger partial charge on any atom is 0.275 e. The number of nitrogens with zero attached hydrogens (tertiary/aromatic N) is 3. The summed E-state index contributed by atoms with van der Waals surface area (Å²) in [5.41, 5.74) is 0.957. The fraction of sp³-hybridized carbons (Fsp3) is 0.0714. The number of nitrogens with one attached hydrogen (secondary N) is 1.